The van der Waals surface area contributed by atoms with Crippen molar-refractivity contribution in [2.24, 2.45) is 5.16 Å². The van der Waals surface area contributed by atoms with Gasteiger partial charge in [-0.1, -0.05) is 11.2 Å². The Morgan fingerprint density at radius 3 is 2.75 bits per heavy atom. The van der Waals surface area contributed by atoms with E-state index in [0.29, 0.717) is 0 Å². The molecule has 16 heavy (non-hydrogen) atoms. The van der Waals surface area contributed by atoms with E-state index in [-0.39, 0.29) is 6.61 Å². The van der Waals surface area contributed by atoms with Gasteiger partial charge < -0.3 is 9.94 Å². The van der Waals surface area contributed by atoms with Crippen LogP contribution >= 0.6 is 0 Å². The quantitative estimate of drug-likeness (QED) is 0.371. The van der Waals surface area contributed by atoms with E-state index in [1.807, 2.05) is 0 Å². The van der Waals surface area contributed by atoms with E-state index in [1.165, 1.54) is 13.0 Å². The monoisotopic (exact) mass is 229 g/mol. The molecule has 1 aromatic rings. The molecular formula is C10H9F2NO3. The molecule has 1 N–H and O–H groups in total. The summed E-state index contributed by atoms with van der Waals surface area (Å²) >= 11 is 0. The average Bonchev–Trinajstić information content (AvgIpc) is 2.25. The highest BCUT2D eigenvalue weighted by Gasteiger charge is 2.21. The van der Waals surface area contributed by atoms with E-state index in [4.69, 9.17) is 5.21 Å². The van der Waals surface area contributed by atoms with Crippen LogP contribution in [0.1, 0.15) is 12.5 Å². The van der Waals surface area contributed by atoms with E-state index < -0.39 is 28.9 Å². The maximum absolute atomic E-state index is 13.3. The lowest BCUT2D eigenvalue weighted by Crippen LogP contribution is -2.20. The molecule has 0 radical (unpaired) electrons. The van der Waals surface area contributed by atoms with Crippen LogP contribution in [0, 0.1) is 11.6 Å². The first kappa shape index (κ1) is 12.1. The van der Waals surface area contributed by atoms with Crippen LogP contribution < -0.4 is 0 Å². The van der Waals surface area contributed by atoms with Gasteiger partial charge >= 0.3 is 5.97 Å². The summed E-state index contributed by atoms with van der Waals surface area (Å²) in [5.74, 6) is -3.42. The van der Waals surface area contributed by atoms with E-state index >= 15 is 0 Å². The van der Waals surface area contributed by atoms with Crippen molar-refractivity contribution < 1.29 is 23.5 Å². The Hall–Kier alpha value is -1.98. The zero-order chi connectivity index (χ0) is 12.1. The molecule has 0 aromatic heterocycles. The predicted molar refractivity (Wildman–Crippen MR) is 51.3 cm³/mol. The van der Waals surface area contributed by atoms with Crippen molar-refractivity contribution in [1.82, 2.24) is 0 Å². The van der Waals surface area contributed by atoms with Crippen LogP contribution in [-0.2, 0) is 9.53 Å². The van der Waals surface area contributed by atoms with Crippen LogP contribution in [0.4, 0.5) is 8.78 Å². The molecule has 0 aliphatic carbocycles. The number of carbonyl (C=O) groups excluding carboxylic acids is 1. The van der Waals surface area contributed by atoms with Gasteiger partial charge in [0.05, 0.1) is 6.61 Å². The molecule has 0 bridgehead atoms. The molecule has 0 amide bonds. The molecule has 4 nitrogen and oxygen atoms in total. The average molecular weight is 229 g/mol. The number of rotatable bonds is 3. The van der Waals surface area contributed by atoms with Crippen molar-refractivity contribution in [1.29, 1.82) is 0 Å². The fourth-order valence-corrected chi connectivity index (χ4v) is 1.09. The normalized spacial score (nSPS) is 11.3. The van der Waals surface area contributed by atoms with Gasteiger partial charge in [0.15, 0.2) is 17.3 Å². The Bertz CT molecular complexity index is 432. The molecule has 0 heterocycles. The van der Waals surface area contributed by atoms with Crippen molar-refractivity contribution in [2.45, 2.75) is 6.92 Å². The second-order valence-electron chi connectivity index (χ2n) is 2.77. The SMILES string of the molecule is CCOC(=O)C(=NO)c1cccc(F)c1F. The lowest BCUT2D eigenvalue weighted by Gasteiger charge is -2.05. The lowest BCUT2D eigenvalue weighted by atomic mass is 10.1. The Morgan fingerprint density at radius 2 is 2.19 bits per heavy atom. The summed E-state index contributed by atoms with van der Waals surface area (Å²) in [4.78, 5) is 11.2. The van der Waals surface area contributed by atoms with Crippen molar-refractivity contribution in [3.63, 3.8) is 0 Å². The molecule has 6 heteroatoms. The first-order valence-electron chi connectivity index (χ1n) is 4.45. The summed E-state index contributed by atoms with van der Waals surface area (Å²) in [5.41, 5.74) is -1.11. The number of oxime groups is 1. The van der Waals surface area contributed by atoms with Crippen molar-refractivity contribution in [3.8, 4) is 0 Å². The van der Waals surface area contributed by atoms with Gasteiger partial charge in [0.2, 0.25) is 0 Å². The van der Waals surface area contributed by atoms with E-state index in [0.717, 1.165) is 12.1 Å². The molecule has 0 fully saturated rings. The number of nitrogens with zero attached hydrogens (tertiary/aromatic N) is 1. The fourth-order valence-electron chi connectivity index (χ4n) is 1.09. The molecule has 0 unspecified atom stereocenters. The van der Waals surface area contributed by atoms with Gasteiger partial charge in [0, 0.05) is 5.56 Å². The minimum absolute atomic E-state index is 0.0365. The van der Waals surface area contributed by atoms with Gasteiger partial charge in [-0.05, 0) is 19.1 Å². The molecule has 86 valence electrons. The third-order valence-electron chi connectivity index (χ3n) is 1.78. The molecule has 0 atom stereocenters. The highest BCUT2D eigenvalue weighted by Crippen LogP contribution is 2.13. The van der Waals surface area contributed by atoms with Gasteiger partial charge in [0.1, 0.15) is 0 Å². The number of benzene rings is 1. The van der Waals surface area contributed by atoms with Crippen LogP contribution in [-0.4, -0.2) is 23.5 Å². The zero-order valence-electron chi connectivity index (χ0n) is 8.41. The van der Waals surface area contributed by atoms with Gasteiger partial charge in [0.25, 0.3) is 0 Å². The smallest absolute Gasteiger partial charge is 0.361 e. The van der Waals surface area contributed by atoms with Gasteiger partial charge in [-0.2, -0.15) is 0 Å². The third-order valence-corrected chi connectivity index (χ3v) is 1.78. The Morgan fingerprint density at radius 1 is 1.50 bits per heavy atom. The minimum atomic E-state index is -1.26. The topological polar surface area (TPSA) is 58.9 Å². The van der Waals surface area contributed by atoms with Crippen LogP contribution in [0.25, 0.3) is 0 Å². The summed E-state index contributed by atoms with van der Waals surface area (Å²) < 4.78 is 30.7. The number of hydrogen-bond donors (Lipinski definition) is 1. The second-order valence-corrected chi connectivity index (χ2v) is 2.77. The van der Waals surface area contributed by atoms with Gasteiger partial charge in [-0.15, -0.1) is 0 Å². The summed E-state index contributed by atoms with van der Waals surface area (Å²) in [6.45, 7) is 1.57. The largest absolute Gasteiger partial charge is 0.461 e. The van der Waals surface area contributed by atoms with Crippen molar-refractivity contribution in [2.75, 3.05) is 6.61 Å². The molecular weight excluding hydrogens is 220 g/mol. The molecule has 0 saturated carbocycles. The second kappa shape index (κ2) is 5.20. The molecule has 1 aromatic carbocycles. The summed E-state index contributed by atoms with van der Waals surface area (Å²) in [5, 5.41) is 11.2. The van der Waals surface area contributed by atoms with Crippen molar-refractivity contribution >= 4 is 11.7 Å². The first-order valence-corrected chi connectivity index (χ1v) is 4.45. The Kier molecular flexibility index (Phi) is 3.93. The maximum Gasteiger partial charge on any atom is 0.361 e. The summed E-state index contributed by atoms with van der Waals surface area (Å²) in [6, 6.07) is 3.20. The standard InChI is InChI=1S/C10H9F2NO3/c1-2-16-10(14)9(13-15)6-4-3-5-7(11)8(6)12/h3-5,15H,2H2,1H3. The minimum Gasteiger partial charge on any atom is -0.461 e. The molecule has 0 spiro atoms. The van der Waals surface area contributed by atoms with Crippen LogP contribution in [0.3, 0.4) is 0 Å². The lowest BCUT2D eigenvalue weighted by molar-refractivity contribution is -0.135. The third kappa shape index (κ3) is 2.33. The maximum atomic E-state index is 13.3. The highest BCUT2D eigenvalue weighted by molar-refractivity contribution is 6.43. The van der Waals surface area contributed by atoms with E-state index in [1.54, 1.807) is 0 Å². The van der Waals surface area contributed by atoms with Crippen molar-refractivity contribution in [3.05, 3.63) is 35.4 Å². The number of carbonyl (C=O) groups is 1. The van der Waals surface area contributed by atoms with Gasteiger partial charge in [-0.25, -0.2) is 13.6 Å². The van der Waals surface area contributed by atoms with Gasteiger partial charge in [-0.3, -0.25) is 0 Å². The number of esters is 1. The Balaban J connectivity index is 3.15. The van der Waals surface area contributed by atoms with Crippen LogP contribution in [0.5, 0.6) is 0 Å². The Labute approximate surface area is 90.1 Å². The predicted octanol–water partition coefficient (Wildman–Crippen LogP) is 1.71. The fraction of sp³-hybridized carbons (Fsp3) is 0.200. The molecule has 1 rings (SSSR count). The molecule has 0 aliphatic rings. The number of ether oxygens (including phenoxy) is 1. The first-order chi connectivity index (χ1) is 7.61. The summed E-state index contributed by atoms with van der Waals surface area (Å²) in [7, 11) is 0. The molecule has 0 saturated heterocycles. The van der Waals surface area contributed by atoms with Crippen LogP contribution in [0.15, 0.2) is 23.4 Å². The summed E-state index contributed by atoms with van der Waals surface area (Å²) in [6.07, 6.45) is 0. The van der Waals surface area contributed by atoms with E-state index in [9.17, 15) is 13.6 Å². The highest BCUT2D eigenvalue weighted by atomic mass is 19.2. The number of halogens is 2. The molecule has 0 aliphatic heterocycles. The van der Waals surface area contributed by atoms with E-state index in [2.05, 4.69) is 9.89 Å². The zero-order valence-corrected chi connectivity index (χ0v) is 8.41. The number of hydrogen-bond acceptors (Lipinski definition) is 4. The van der Waals surface area contributed by atoms with Crippen LogP contribution in [0.2, 0.25) is 0 Å².